The highest BCUT2D eigenvalue weighted by atomic mass is 35.5. The predicted molar refractivity (Wildman–Crippen MR) is 98.0 cm³/mol. The van der Waals surface area contributed by atoms with E-state index in [0.717, 1.165) is 53.5 Å². The molecule has 0 aliphatic carbocycles. The number of pyridine rings is 1. The van der Waals surface area contributed by atoms with E-state index < -0.39 is 0 Å². The van der Waals surface area contributed by atoms with Gasteiger partial charge in [-0.3, -0.25) is 9.67 Å². The fraction of sp³-hybridized carbons (Fsp3) is 0.579. The van der Waals surface area contributed by atoms with Gasteiger partial charge in [-0.1, -0.05) is 39.3 Å². The Morgan fingerprint density at radius 3 is 2.48 bits per heavy atom. The SMILES string of the molecule is CCc1cc(CCC(C)(C)C)ncc1-c1c(Cl)c(C)nn1CC. The van der Waals surface area contributed by atoms with Crippen molar-refractivity contribution in [3.63, 3.8) is 0 Å². The van der Waals surface area contributed by atoms with Gasteiger partial charge in [0, 0.05) is 24.0 Å². The summed E-state index contributed by atoms with van der Waals surface area (Å²) in [6, 6.07) is 2.24. The molecule has 0 unspecified atom stereocenters. The number of halogens is 1. The maximum absolute atomic E-state index is 6.51. The van der Waals surface area contributed by atoms with Crippen LogP contribution in [0.15, 0.2) is 12.3 Å². The minimum Gasteiger partial charge on any atom is -0.263 e. The molecule has 3 nitrogen and oxygen atoms in total. The van der Waals surface area contributed by atoms with E-state index in [9.17, 15) is 0 Å². The smallest absolute Gasteiger partial charge is 0.0895 e. The molecule has 2 rings (SSSR count). The zero-order valence-corrected chi connectivity index (χ0v) is 16.0. The van der Waals surface area contributed by atoms with Crippen molar-refractivity contribution in [3.05, 3.63) is 34.2 Å². The Balaban J connectivity index is 2.41. The van der Waals surface area contributed by atoms with Gasteiger partial charge in [0.25, 0.3) is 0 Å². The molecule has 0 spiro atoms. The number of rotatable bonds is 5. The molecule has 0 radical (unpaired) electrons. The third kappa shape index (κ3) is 4.14. The van der Waals surface area contributed by atoms with Gasteiger partial charge in [-0.25, -0.2) is 0 Å². The molecule has 4 heteroatoms. The first-order chi connectivity index (χ1) is 10.8. The monoisotopic (exact) mass is 333 g/mol. The van der Waals surface area contributed by atoms with Crippen molar-refractivity contribution in [3.8, 4) is 11.3 Å². The Morgan fingerprint density at radius 2 is 1.91 bits per heavy atom. The molecule has 0 aromatic carbocycles. The molecular formula is C19H28ClN3. The van der Waals surface area contributed by atoms with Crippen LogP contribution in [0.5, 0.6) is 0 Å². The van der Waals surface area contributed by atoms with E-state index in [4.69, 9.17) is 16.6 Å². The summed E-state index contributed by atoms with van der Waals surface area (Å²) >= 11 is 6.51. The first-order valence-electron chi connectivity index (χ1n) is 8.48. The lowest BCUT2D eigenvalue weighted by atomic mass is 9.89. The van der Waals surface area contributed by atoms with Gasteiger partial charge < -0.3 is 0 Å². The average Bonchev–Trinajstić information content (AvgIpc) is 2.79. The first kappa shape index (κ1) is 18.0. The van der Waals surface area contributed by atoms with Crippen molar-refractivity contribution in [2.24, 2.45) is 5.41 Å². The summed E-state index contributed by atoms with van der Waals surface area (Å²) in [5, 5.41) is 5.27. The molecule has 23 heavy (non-hydrogen) atoms. The van der Waals surface area contributed by atoms with Crippen molar-refractivity contribution in [2.75, 3.05) is 0 Å². The van der Waals surface area contributed by atoms with Crippen LogP contribution in [0.3, 0.4) is 0 Å². The van der Waals surface area contributed by atoms with Gasteiger partial charge in [-0.15, -0.1) is 0 Å². The van der Waals surface area contributed by atoms with Gasteiger partial charge >= 0.3 is 0 Å². The Labute approximate surface area is 145 Å². The molecule has 2 aromatic rings. The predicted octanol–water partition coefficient (Wildman–Crippen LogP) is 5.47. The van der Waals surface area contributed by atoms with Crippen molar-refractivity contribution in [1.29, 1.82) is 0 Å². The minimum absolute atomic E-state index is 0.327. The van der Waals surface area contributed by atoms with E-state index in [2.05, 4.69) is 45.8 Å². The molecule has 0 bridgehead atoms. The largest absolute Gasteiger partial charge is 0.263 e. The van der Waals surface area contributed by atoms with Gasteiger partial charge in [0.05, 0.1) is 16.4 Å². The Hall–Kier alpha value is -1.35. The molecule has 2 aromatic heterocycles. The molecule has 0 N–H and O–H groups in total. The van der Waals surface area contributed by atoms with Crippen LogP contribution in [0.1, 0.15) is 58.0 Å². The highest BCUT2D eigenvalue weighted by molar-refractivity contribution is 6.33. The minimum atomic E-state index is 0.327. The Morgan fingerprint density at radius 1 is 1.22 bits per heavy atom. The molecule has 0 aliphatic heterocycles. The molecule has 126 valence electrons. The summed E-state index contributed by atoms with van der Waals surface area (Å²) in [4.78, 5) is 4.69. The lowest BCUT2D eigenvalue weighted by molar-refractivity contribution is 0.376. The van der Waals surface area contributed by atoms with Gasteiger partial charge in [0.15, 0.2) is 0 Å². The highest BCUT2D eigenvalue weighted by Gasteiger charge is 2.18. The van der Waals surface area contributed by atoms with E-state index in [1.54, 1.807) is 0 Å². The summed E-state index contributed by atoms with van der Waals surface area (Å²) in [6.07, 6.45) is 5.09. The summed E-state index contributed by atoms with van der Waals surface area (Å²) in [6.45, 7) is 13.8. The van der Waals surface area contributed by atoms with E-state index in [0.29, 0.717) is 5.41 Å². The van der Waals surface area contributed by atoms with Crippen LogP contribution in [0.4, 0.5) is 0 Å². The maximum Gasteiger partial charge on any atom is 0.0895 e. The molecule has 2 heterocycles. The zero-order valence-electron chi connectivity index (χ0n) is 15.2. The van der Waals surface area contributed by atoms with Gasteiger partial charge in [0.2, 0.25) is 0 Å². The van der Waals surface area contributed by atoms with Crippen LogP contribution < -0.4 is 0 Å². The second kappa shape index (κ2) is 7.04. The highest BCUT2D eigenvalue weighted by Crippen LogP contribution is 2.33. The van der Waals surface area contributed by atoms with Crippen LogP contribution >= 0.6 is 11.6 Å². The summed E-state index contributed by atoms with van der Waals surface area (Å²) < 4.78 is 1.97. The molecular weight excluding hydrogens is 306 g/mol. The zero-order chi connectivity index (χ0) is 17.2. The maximum atomic E-state index is 6.51. The quantitative estimate of drug-likeness (QED) is 0.726. The third-order valence-electron chi connectivity index (χ3n) is 4.17. The van der Waals surface area contributed by atoms with Gasteiger partial charge in [-0.2, -0.15) is 5.10 Å². The van der Waals surface area contributed by atoms with E-state index in [1.807, 2.05) is 17.8 Å². The van der Waals surface area contributed by atoms with Crippen molar-refractivity contribution < 1.29 is 0 Å². The van der Waals surface area contributed by atoms with Crippen molar-refractivity contribution >= 4 is 11.6 Å². The lowest BCUT2D eigenvalue weighted by Crippen LogP contribution is -2.08. The van der Waals surface area contributed by atoms with E-state index in [1.165, 1.54) is 5.56 Å². The average molecular weight is 334 g/mol. The number of aromatic nitrogens is 3. The molecule has 0 saturated heterocycles. The van der Waals surface area contributed by atoms with E-state index in [-0.39, 0.29) is 0 Å². The van der Waals surface area contributed by atoms with Crippen LogP contribution in [-0.2, 0) is 19.4 Å². The fourth-order valence-corrected chi connectivity index (χ4v) is 2.97. The molecule has 0 fully saturated rings. The topological polar surface area (TPSA) is 30.7 Å². The van der Waals surface area contributed by atoms with Crippen LogP contribution in [0.2, 0.25) is 5.02 Å². The second-order valence-electron chi connectivity index (χ2n) is 7.31. The summed E-state index contributed by atoms with van der Waals surface area (Å²) in [5.74, 6) is 0. The van der Waals surface area contributed by atoms with Gasteiger partial charge in [0.1, 0.15) is 0 Å². The number of hydrogen-bond acceptors (Lipinski definition) is 2. The van der Waals surface area contributed by atoms with Crippen LogP contribution in [-0.4, -0.2) is 14.8 Å². The number of aryl methyl sites for hydroxylation is 4. The molecule has 0 aliphatic rings. The normalized spacial score (nSPS) is 12.0. The molecule has 0 atom stereocenters. The molecule has 0 amide bonds. The number of nitrogens with zero attached hydrogens (tertiary/aromatic N) is 3. The van der Waals surface area contributed by atoms with Crippen LogP contribution in [0, 0.1) is 12.3 Å². The third-order valence-corrected chi connectivity index (χ3v) is 4.62. The van der Waals surface area contributed by atoms with Crippen LogP contribution in [0.25, 0.3) is 11.3 Å². The summed E-state index contributed by atoms with van der Waals surface area (Å²) in [7, 11) is 0. The fourth-order valence-electron chi connectivity index (χ4n) is 2.74. The number of hydrogen-bond donors (Lipinski definition) is 0. The Bertz CT molecular complexity index is 681. The first-order valence-corrected chi connectivity index (χ1v) is 8.85. The second-order valence-corrected chi connectivity index (χ2v) is 7.69. The molecule has 0 saturated carbocycles. The Kier molecular flexibility index (Phi) is 5.51. The van der Waals surface area contributed by atoms with Crippen molar-refractivity contribution in [2.45, 2.75) is 67.3 Å². The van der Waals surface area contributed by atoms with Gasteiger partial charge in [-0.05, 0) is 50.2 Å². The van der Waals surface area contributed by atoms with E-state index >= 15 is 0 Å². The standard InChI is InChI=1S/C19H28ClN3/c1-7-14-11-15(9-10-19(4,5)6)21-12-16(14)18-17(20)13(3)22-23(18)8-2/h11-12H,7-10H2,1-6H3. The lowest BCUT2D eigenvalue weighted by Gasteiger charge is -2.18. The summed E-state index contributed by atoms with van der Waals surface area (Å²) in [5.41, 5.74) is 5.77. The van der Waals surface area contributed by atoms with Crippen molar-refractivity contribution in [1.82, 2.24) is 14.8 Å².